The number of hydrogen-bond acceptors (Lipinski definition) is 7. The van der Waals surface area contributed by atoms with E-state index in [4.69, 9.17) is 10.5 Å². The van der Waals surface area contributed by atoms with Gasteiger partial charge in [-0.25, -0.2) is 18.7 Å². The fourth-order valence-electron chi connectivity index (χ4n) is 4.60. The van der Waals surface area contributed by atoms with Gasteiger partial charge in [0.25, 0.3) is 11.8 Å². The molecule has 1 atom stereocenters. The second kappa shape index (κ2) is 9.80. The molecular weight excluding hydrogens is 454 g/mol. The van der Waals surface area contributed by atoms with Crippen LogP contribution in [0.25, 0.3) is 22.0 Å². The Kier molecular flexibility index (Phi) is 6.59. The number of anilines is 1. The van der Waals surface area contributed by atoms with Crippen molar-refractivity contribution in [1.82, 2.24) is 20.2 Å². The van der Waals surface area contributed by atoms with E-state index in [-0.39, 0.29) is 30.9 Å². The number of amides is 1. The molecule has 5 rings (SSSR count). The van der Waals surface area contributed by atoms with Gasteiger partial charge < -0.3 is 21.1 Å². The second-order valence-corrected chi connectivity index (χ2v) is 9.00. The highest BCUT2D eigenvalue weighted by atomic mass is 19.3. The molecular formula is C25H28F2N6O2. The van der Waals surface area contributed by atoms with Crippen LogP contribution in [0, 0.1) is 0 Å². The first-order valence-corrected chi connectivity index (χ1v) is 11.7. The third kappa shape index (κ3) is 5.09. The smallest absolute Gasteiger partial charge is 0.270 e. The summed E-state index contributed by atoms with van der Waals surface area (Å²) in [5.41, 5.74) is 8.99. The summed E-state index contributed by atoms with van der Waals surface area (Å²) in [6.07, 6.45) is 0.994. The third-order valence-corrected chi connectivity index (χ3v) is 6.61. The van der Waals surface area contributed by atoms with Crippen LogP contribution in [0.3, 0.4) is 0 Å². The van der Waals surface area contributed by atoms with Crippen LogP contribution in [0.4, 0.5) is 14.6 Å². The van der Waals surface area contributed by atoms with Crippen molar-refractivity contribution < 1.29 is 18.3 Å². The van der Waals surface area contributed by atoms with E-state index in [0.717, 1.165) is 44.0 Å². The van der Waals surface area contributed by atoms with Crippen LogP contribution in [-0.4, -0.2) is 72.1 Å². The number of benzene rings is 2. The van der Waals surface area contributed by atoms with Gasteiger partial charge in [0.1, 0.15) is 18.2 Å². The molecule has 0 bridgehead atoms. The lowest BCUT2D eigenvalue weighted by molar-refractivity contribution is -0.0384. The number of carbonyl (C=O) groups excluding carboxylic acids is 1. The van der Waals surface area contributed by atoms with E-state index in [9.17, 15) is 13.6 Å². The van der Waals surface area contributed by atoms with Gasteiger partial charge in [-0.05, 0) is 28.8 Å². The Hall–Kier alpha value is -3.21. The average Bonchev–Trinajstić information content (AvgIpc) is 2.86. The average molecular weight is 483 g/mol. The topological polar surface area (TPSA) is 105 Å². The quantitative estimate of drug-likeness (QED) is 0.496. The number of nitrogens with two attached hydrogens (primary N) is 1. The van der Waals surface area contributed by atoms with E-state index in [1.165, 1.54) is 11.9 Å². The Labute approximate surface area is 201 Å². The SMILES string of the molecule is NC(=O)c1cc(-c2ccc(CN3CCOCC3)cc2)cc2c(N[C@@H]3CNCCC3(F)F)ncnc12. The van der Waals surface area contributed by atoms with Gasteiger partial charge in [0, 0.05) is 44.5 Å². The van der Waals surface area contributed by atoms with Gasteiger partial charge in [0.05, 0.1) is 24.3 Å². The van der Waals surface area contributed by atoms with Gasteiger partial charge in [-0.2, -0.15) is 0 Å². The van der Waals surface area contributed by atoms with E-state index in [0.29, 0.717) is 10.9 Å². The molecule has 0 radical (unpaired) electrons. The van der Waals surface area contributed by atoms with Crippen molar-refractivity contribution in [2.75, 3.05) is 44.7 Å². The summed E-state index contributed by atoms with van der Waals surface area (Å²) in [7, 11) is 0. The van der Waals surface area contributed by atoms with Crippen molar-refractivity contribution in [3.05, 3.63) is 53.9 Å². The van der Waals surface area contributed by atoms with E-state index < -0.39 is 17.9 Å². The van der Waals surface area contributed by atoms with Crippen molar-refractivity contribution in [1.29, 1.82) is 0 Å². The summed E-state index contributed by atoms with van der Waals surface area (Å²) in [5.74, 6) is -3.28. The maximum Gasteiger partial charge on any atom is 0.270 e. The van der Waals surface area contributed by atoms with E-state index in [1.807, 2.05) is 30.3 Å². The van der Waals surface area contributed by atoms with Crippen molar-refractivity contribution >= 4 is 22.6 Å². The number of ether oxygens (including phenoxy) is 1. The van der Waals surface area contributed by atoms with E-state index in [1.54, 1.807) is 6.07 Å². The number of morpholine rings is 1. The standard InChI is InChI=1S/C25H28F2N6O2/c26-25(27)5-6-29-13-21(25)32-24-20-12-18(11-19(23(28)34)22(20)30-15-31-24)17-3-1-16(2-4-17)14-33-7-9-35-10-8-33/h1-4,11-12,15,21,29H,5-10,13-14H2,(H2,28,34)(H,30,31,32)/t21-/m1/s1. The second-order valence-electron chi connectivity index (χ2n) is 9.00. The lowest BCUT2D eigenvalue weighted by Gasteiger charge is -2.33. The Morgan fingerprint density at radius 2 is 1.94 bits per heavy atom. The molecule has 8 nitrogen and oxygen atoms in total. The first-order valence-electron chi connectivity index (χ1n) is 11.7. The van der Waals surface area contributed by atoms with Gasteiger partial charge >= 0.3 is 0 Å². The Balaban J connectivity index is 1.49. The summed E-state index contributed by atoms with van der Waals surface area (Å²) in [6, 6.07) is 10.4. The van der Waals surface area contributed by atoms with Crippen LogP contribution in [0.1, 0.15) is 22.3 Å². The van der Waals surface area contributed by atoms with Crippen molar-refractivity contribution in [2.45, 2.75) is 24.9 Å². The van der Waals surface area contributed by atoms with Crippen molar-refractivity contribution in [3.8, 4) is 11.1 Å². The van der Waals surface area contributed by atoms with Gasteiger partial charge in [0.2, 0.25) is 0 Å². The summed E-state index contributed by atoms with van der Waals surface area (Å²) >= 11 is 0. The van der Waals surface area contributed by atoms with Crippen LogP contribution in [-0.2, 0) is 11.3 Å². The molecule has 1 amide bonds. The van der Waals surface area contributed by atoms with E-state index >= 15 is 0 Å². The molecule has 4 N–H and O–H groups in total. The highest BCUT2D eigenvalue weighted by Crippen LogP contribution is 2.33. The molecule has 2 saturated heterocycles. The predicted molar refractivity (Wildman–Crippen MR) is 129 cm³/mol. The number of primary amides is 1. The summed E-state index contributed by atoms with van der Waals surface area (Å²) in [5, 5.41) is 6.34. The molecule has 2 aliphatic heterocycles. The van der Waals surface area contributed by atoms with Crippen LogP contribution in [0.5, 0.6) is 0 Å². The Bertz CT molecular complexity index is 1210. The Morgan fingerprint density at radius 1 is 1.17 bits per heavy atom. The van der Waals surface area contributed by atoms with Gasteiger partial charge in [-0.3, -0.25) is 9.69 Å². The molecule has 1 aromatic heterocycles. The van der Waals surface area contributed by atoms with Gasteiger partial charge in [0.15, 0.2) is 0 Å². The minimum absolute atomic E-state index is 0.103. The number of alkyl halides is 2. The highest BCUT2D eigenvalue weighted by Gasteiger charge is 2.42. The number of nitrogens with zero attached hydrogens (tertiary/aromatic N) is 3. The lowest BCUT2D eigenvalue weighted by Crippen LogP contribution is -2.52. The number of halogens is 2. The highest BCUT2D eigenvalue weighted by molar-refractivity contribution is 6.08. The van der Waals surface area contributed by atoms with Crippen molar-refractivity contribution in [2.24, 2.45) is 5.73 Å². The molecule has 184 valence electrons. The number of nitrogens with one attached hydrogen (secondary N) is 2. The zero-order chi connectivity index (χ0) is 24.4. The van der Waals surface area contributed by atoms with Gasteiger partial charge in [-0.1, -0.05) is 24.3 Å². The third-order valence-electron chi connectivity index (χ3n) is 6.61. The molecule has 2 aromatic carbocycles. The summed E-state index contributed by atoms with van der Waals surface area (Å²) < 4.78 is 34.4. The molecule has 0 spiro atoms. The fraction of sp³-hybridized carbons (Fsp3) is 0.400. The summed E-state index contributed by atoms with van der Waals surface area (Å²) in [4.78, 5) is 23.1. The maximum absolute atomic E-state index is 14.5. The number of aromatic nitrogens is 2. The molecule has 3 heterocycles. The van der Waals surface area contributed by atoms with Crippen molar-refractivity contribution in [3.63, 3.8) is 0 Å². The number of carbonyl (C=O) groups is 1. The lowest BCUT2D eigenvalue weighted by atomic mass is 9.97. The normalized spacial score (nSPS) is 20.6. The maximum atomic E-state index is 14.5. The first kappa shape index (κ1) is 23.5. The van der Waals surface area contributed by atoms with Crippen LogP contribution in [0.2, 0.25) is 0 Å². The molecule has 35 heavy (non-hydrogen) atoms. The number of piperidine rings is 1. The largest absolute Gasteiger partial charge is 0.379 e. The zero-order valence-electron chi connectivity index (χ0n) is 19.3. The minimum Gasteiger partial charge on any atom is -0.379 e. The molecule has 2 fully saturated rings. The zero-order valence-corrected chi connectivity index (χ0v) is 19.3. The monoisotopic (exact) mass is 482 g/mol. The van der Waals surface area contributed by atoms with Crippen LogP contribution >= 0.6 is 0 Å². The molecule has 2 aliphatic rings. The molecule has 0 saturated carbocycles. The predicted octanol–water partition coefficient (Wildman–Crippen LogP) is 2.64. The molecule has 10 heteroatoms. The molecule has 0 aliphatic carbocycles. The molecule has 3 aromatic rings. The molecule has 0 unspecified atom stereocenters. The first-order chi connectivity index (χ1) is 16.9. The number of hydrogen-bond donors (Lipinski definition) is 3. The fourth-order valence-corrected chi connectivity index (χ4v) is 4.60. The van der Waals surface area contributed by atoms with Gasteiger partial charge in [-0.15, -0.1) is 0 Å². The summed E-state index contributed by atoms with van der Waals surface area (Å²) in [6.45, 7) is 4.48. The van der Waals surface area contributed by atoms with Crippen LogP contribution in [0.15, 0.2) is 42.7 Å². The van der Waals surface area contributed by atoms with Crippen LogP contribution < -0.4 is 16.4 Å². The van der Waals surface area contributed by atoms with E-state index in [2.05, 4.69) is 25.5 Å². The minimum atomic E-state index is -2.89. The number of fused-ring (bicyclic) bond motifs is 1. The number of rotatable bonds is 6. The Morgan fingerprint density at radius 3 is 2.66 bits per heavy atom.